The zero-order chi connectivity index (χ0) is 11.8. The van der Waals surface area contributed by atoms with E-state index in [1.807, 2.05) is 41.1 Å². The number of hydrogen-bond acceptors (Lipinski definition) is 3. The zero-order valence-electron chi connectivity index (χ0n) is 9.55. The van der Waals surface area contributed by atoms with Crippen molar-refractivity contribution in [3.63, 3.8) is 0 Å². The van der Waals surface area contributed by atoms with E-state index < -0.39 is 0 Å². The first-order valence-electron chi connectivity index (χ1n) is 5.47. The number of imidazole rings is 1. The van der Waals surface area contributed by atoms with Crippen LogP contribution in [0.1, 0.15) is 5.69 Å². The highest BCUT2D eigenvalue weighted by atomic mass is 16.5. The molecule has 0 saturated heterocycles. The fourth-order valence-corrected chi connectivity index (χ4v) is 2.15. The number of methoxy groups -OCH3 is 1. The second kappa shape index (κ2) is 3.75. The van der Waals surface area contributed by atoms with Crippen LogP contribution in [0.25, 0.3) is 16.4 Å². The molecule has 4 heteroatoms. The lowest BCUT2D eigenvalue weighted by Crippen LogP contribution is -2.00. The summed E-state index contributed by atoms with van der Waals surface area (Å²) >= 11 is 0. The number of nitrogens with two attached hydrogens (primary N) is 1. The Labute approximate surface area is 98.6 Å². The van der Waals surface area contributed by atoms with E-state index in [-0.39, 0.29) is 0 Å². The first-order chi connectivity index (χ1) is 8.35. The molecule has 1 aromatic carbocycles. The summed E-state index contributed by atoms with van der Waals surface area (Å²) < 4.78 is 7.36. The van der Waals surface area contributed by atoms with Crippen molar-refractivity contribution in [2.75, 3.05) is 7.11 Å². The average molecular weight is 227 g/mol. The maximum absolute atomic E-state index is 5.67. The summed E-state index contributed by atoms with van der Waals surface area (Å²) in [4.78, 5) is 4.42. The minimum absolute atomic E-state index is 0.483. The number of benzene rings is 1. The number of rotatable bonds is 2. The van der Waals surface area contributed by atoms with E-state index in [0.717, 1.165) is 27.9 Å². The molecule has 86 valence electrons. The molecular formula is C13H13N3O. The highest BCUT2D eigenvalue weighted by Crippen LogP contribution is 2.28. The lowest BCUT2D eigenvalue weighted by Gasteiger charge is -2.06. The number of hydrogen-bond donors (Lipinski definition) is 1. The maximum Gasteiger partial charge on any atom is 0.144 e. The van der Waals surface area contributed by atoms with Gasteiger partial charge in [0.15, 0.2) is 0 Å². The van der Waals surface area contributed by atoms with E-state index in [0.29, 0.717) is 6.54 Å². The summed E-state index contributed by atoms with van der Waals surface area (Å²) in [6.07, 6.45) is 3.80. The van der Waals surface area contributed by atoms with Crippen molar-refractivity contribution in [1.29, 1.82) is 0 Å². The molecule has 0 aliphatic rings. The summed E-state index contributed by atoms with van der Waals surface area (Å²) in [5.74, 6) is 0.863. The quantitative estimate of drug-likeness (QED) is 0.728. The van der Waals surface area contributed by atoms with Crippen LogP contribution in [0.3, 0.4) is 0 Å². The van der Waals surface area contributed by atoms with E-state index in [1.54, 1.807) is 7.11 Å². The summed E-state index contributed by atoms with van der Waals surface area (Å²) in [6, 6.07) is 7.99. The molecule has 4 nitrogen and oxygen atoms in total. The third kappa shape index (κ3) is 1.38. The van der Waals surface area contributed by atoms with Crippen molar-refractivity contribution in [3.8, 4) is 5.75 Å². The Balaban J connectivity index is 2.44. The molecule has 0 spiro atoms. The van der Waals surface area contributed by atoms with Gasteiger partial charge in [-0.2, -0.15) is 0 Å². The first-order valence-corrected chi connectivity index (χ1v) is 5.47. The fraction of sp³-hybridized carbons (Fsp3) is 0.154. The number of pyridine rings is 1. The molecule has 17 heavy (non-hydrogen) atoms. The van der Waals surface area contributed by atoms with Crippen LogP contribution >= 0.6 is 0 Å². The molecular weight excluding hydrogens is 214 g/mol. The molecule has 0 fully saturated rings. The normalized spacial score (nSPS) is 11.2. The van der Waals surface area contributed by atoms with Gasteiger partial charge in [0.2, 0.25) is 0 Å². The molecule has 0 atom stereocenters. The Morgan fingerprint density at radius 2 is 2.18 bits per heavy atom. The van der Waals surface area contributed by atoms with Crippen molar-refractivity contribution >= 4 is 16.4 Å². The minimum Gasteiger partial charge on any atom is -0.496 e. The summed E-state index contributed by atoms with van der Waals surface area (Å²) in [6.45, 7) is 0.483. The van der Waals surface area contributed by atoms with Crippen LogP contribution in [0.4, 0.5) is 0 Å². The predicted octanol–water partition coefficient (Wildman–Crippen LogP) is 1.95. The van der Waals surface area contributed by atoms with Gasteiger partial charge < -0.3 is 14.9 Å². The highest BCUT2D eigenvalue weighted by Gasteiger charge is 2.08. The van der Waals surface area contributed by atoms with Crippen molar-refractivity contribution in [1.82, 2.24) is 9.38 Å². The predicted molar refractivity (Wildman–Crippen MR) is 67.1 cm³/mol. The van der Waals surface area contributed by atoms with Crippen molar-refractivity contribution in [2.24, 2.45) is 5.73 Å². The topological polar surface area (TPSA) is 52.5 Å². The largest absolute Gasteiger partial charge is 0.496 e. The summed E-state index contributed by atoms with van der Waals surface area (Å²) in [7, 11) is 1.68. The monoisotopic (exact) mass is 227 g/mol. The smallest absolute Gasteiger partial charge is 0.144 e. The molecule has 0 aliphatic carbocycles. The van der Waals surface area contributed by atoms with Crippen LogP contribution in [0.5, 0.6) is 5.75 Å². The molecule has 0 amide bonds. The van der Waals surface area contributed by atoms with Crippen LogP contribution < -0.4 is 10.5 Å². The van der Waals surface area contributed by atoms with Crippen LogP contribution in [0.15, 0.2) is 36.7 Å². The van der Waals surface area contributed by atoms with Gasteiger partial charge in [-0.3, -0.25) is 0 Å². The van der Waals surface area contributed by atoms with E-state index >= 15 is 0 Å². The number of aromatic nitrogens is 2. The molecule has 2 N–H and O–H groups in total. The Hall–Kier alpha value is -2.07. The Kier molecular flexibility index (Phi) is 2.23. The highest BCUT2D eigenvalue weighted by molar-refractivity contribution is 5.97. The molecule has 0 bridgehead atoms. The van der Waals surface area contributed by atoms with Gasteiger partial charge in [-0.25, -0.2) is 4.98 Å². The standard InChI is InChI=1S/C13H13N3O/c1-17-12-4-2-3-11-10(12)5-6-16-9(7-14)8-15-13(11)16/h2-6,8H,7,14H2,1H3. The lowest BCUT2D eigenvalue weighted by atomic mass is 10.1. The van der Waals surface area contributed by atoms with E-state index in [9.17, 15) is 0 Å². The van der Waals surface area contributed by atoms with Gasteiger partial charge in [0.1, 0.15) is 11.4 Å². The van der Waals surface area contributed by atoms with E-state index in [1.165, 1.54) is 0 Å². The van der Waals surface area contributed by atoms with Crippen LogP contribution in [-0.2, 0) is 6.54 Å². The Morgan fingerprint density at radius 3 is 2.94 bits per heavy atom. The van der Waals surface area contributed by atoms with E-state index in [4.69, 9.17) is 10.5 Å². The van der Waals surface area contributed by atoms with Crippen molar-refractivity contribution in [2.45, 2.75) is 6.54 Å². The first kappa shape index (κ1) is 10.1. The van der Waals surface area contributed by atoms with Crippen LogP contribution in [0, 0.1) is 0 Å². The summed E-state index contributed by atoms with van der Waals surface area (Å²) in [5, 5.41) is 2.14. The molecule has 3 rings (SSSR count). The molecule has 3 aromatic rings. The molecule has 0 saturated carbocycles. The summed E-state index contributed by atoms with van der Waals surface area (Å²) in [5.41, 5.74) is 7.60. The van der Waals surface area contributed by atoms with Gasteiger partial charge in [-0.05, 0) is 12.1 Å². The zero-order valence-corrected chi connectivity index (χ0v) is 9.55. The third-order valence-electron chi connectivity index (χ3n) is 3.00. The SMILES string of the molecule is COc1cccc2c1ccn1c(CN)cnc21. The third-order valence-corrected chi connectivity index (χ3v) is 3.00. The number of nitrogens with zero attached hydrogens (tertiary/aromatic N) is 2. The van der Waals surface area contributed by atoms with Gasteiger partial charge in [0.25, 0.3) is 0 Å². The van der Waals surface area contributed by atoms with E-state index in [2.05, 4.69) is 4.98 Å². The van der Waals surface area contributed by atoms with Crippen LogP contribution in [0.2, 0.25) is 0 Å². The number of ether oxygens (including phenoxy) is 1. The second-order valence-electron chi connectivity index (χ2n) is 3.88. The molecule has 0 aliphatic heterocycles. The number of fused-ring (bicyclic) bond motifs is 3. The van der Waals surface area contributed by atoms with Gasteiger partial charge >= 0.3 is 0 Å². The molecule has 2 aromatic heterocycles. The van der Waals surface area contributed by atoms with Gasteiger partial charge in [0.05, 0.1) is 19.0 Å². The second-order valence-corrected chi connectivity index (χ2v) is 3.88. The van der Waals surface area contributed by atoms with Gasteiger partial charge in [-0.15, -0.1) is 0 Å². The Morgan fingerprint density at radius 1 is 1.29 bits per heavy atom. The Bertz CT molecular complexity index is 688. The molecule has 0 unspecified atom stereocenters. The molecule has 2 heterocycles. The fourth-order valence-electron chi connectivity index (χ4n) is 2.15. The van der Waals surface area contributed by atoms with Crippen molar-refractivity contribution in [3.05, 3.63) is 42.4 Å². The van der Waals surface area contributed by atoms with Crippen molar-refractivity contribution < 1.29 is 4.74 Å². The minimum atomic E-state index is 0.483. The van der Waals surface area contributed by atoms with Crippen LogP contribution in [-0.4, -0.2) is 16.5 Å². The average Bonchev–Trinajstić information content (AvgIpc) is 2.81. The maximum atomic E-state index is 5.67. The van der Waals surface area contributed by atoms with Gasteiger partial charge in [0, 0.05) is 23.5 Å². The van der Waals surface area contributed by atoms with Gasteiger partial charge in [-0.1, -0.05) is 12.1 Å². The lowest BCUT2D eigenvalue weighted by molar-refractivity contribution is 0.420. The molecule has 0 radical (unpaired) electrons.